The van der Waals surface area contributed by atoms with Crippen LogP contribution in [0.4, 0.5) is 0 Å². The van der Waals surface area contributed by atoms with Crippen LogP contribution in [-0.4, -0.2) is 35.9 Å². The number of carbonyl (C=O) groups is 2. The van der Waals surface area contributed by atoms with Gasteiger partial charge in [-0.2, -0.15) is 0 Å². The van der Waals surface area contributed by atoms with Crippen molar-refractivity contribution < 1.29 is 14.3 Å². The van der Waals surface area contributed by atoms with E-state index in [0.29, 0.717) is 22.3 Å². The van der Waals surface area contributed by atoms with Gasteiger partial charge >= 0.3 is 0 Å². The molecule has 31 heavy (non-hydrogen) atoms. The van der Waals surface area contributed by atoms with Crippen molar-refractivity contribution in [2.24, 2.45) is 0 Å². The number of aryl methyl sites for hydroxylation is 2. The second kappa shape index (κ2) is 11.7. The predicted molar refractivity (Wildman–Crippen MR) is 129 cm³/mol. The van der Waals surface area contributed by atoms with Gasteiger partial charge in [0.15, 0.2) is 6.61 Å². The maximum absolute atomic E-state index is 13.1. The van der Waals surface area contributed by atoms with E-state index in [4.69, 9.17) is 27.9 Å². The molecule has 0 saturated heterocycles. The fraction of sp³-hybridized carbons (Fsp3) is 0.391. The number of hydrogen-bond acceptors (Lipinski definition) is 3. The molecule has 0 spiro atoms. The van der Waals surface area contributed by atoms with E-state index in [1.165, 1.54) is 4.90 Å². The van der Waals surface area contributed by atoms with Crippen LogP contribution in [0.3, 0.4) is 0 Å². The van der Waals surface area contributed by atoms with Crippen LogP contribution in [0.25, 0.3) is 0 Å². The lowest BCUT2D eigenvalue weighted by molar-refractivity contribution is -0.142. The summed E-state index contributed by atoms with van der Waals surface area (Å²) in [5.74, 6) is 0.0816. The Hall–Kier alpha value is -1.76. The number of amides is 2. The number of halogens is 3. The van der Waals surface area contributed by atoms with Crippen LogP contribution in [0.2, 0.25) is 10.0 Å². The van der Waals surface area contributed by atoms with E-state index < -0.39 is 6.04 Å². The van der Waals surface area contributed by atoms with Crippen LogP contribution in [0.15, 0.2) is 34.8 Å². The van der Waals surface area contributed by atoms with Gasteiger partial charge in [-0.05, 0) is 68.1 Å². The third kappa shape index (κ3) is 7.13. The average Bonchev–Trinajstić information content (AvgIpc) is 2.74. The van der Waals surface area contributed by atoms with Gasteiger partial charge in [-0.25, -0.2) is 0 Å². The minimum Gasteiger partial charge on any atom is -0.484 e. The molecule has 2 rings (SSSR count). The Morgan fingerprint density at radius 1 is 1.13 bits per heavy atom. The average molecular weight is 530 g/mol. The number of rotatable bonds is 9. The van der Waals surface area contributed by atoms with Crippen LogP contribution < -0.4 is 10.1 Å². The monoisotopic (exact) mass is 528 g/mol. The van der Waals surface area contributed by atoms with Crippen LogP contribution >= 0.6 is 39.1 Å². The van der Waals surface area contributed by atoms with E-state index in [1.807, 2.05) is 32.9 Å². The van der Waals surface area contributed by atoms with Crippen molar-refractivity contribution in [3.8, 4) is 5.75 Å². The summed E-state index contributed by atoms with van der Waals surface area (Å²) in [7, 11) is 0. The predicted octanol–water partition coefficient (Wildman–Crippen LogP) is 5.70. The molecule has 0 aliphatic heterocycles. The van der Waals surface area contributed by atoms with Gasteiger partial charge in [0.25, 0.3) is 5.91 Å². The summed E-state index contributed by atoms with van der Waals surface area (Å²) in [4.78, 5) is 27.1. The summed E-state index contributed by atoms with van der Waals surface area (Å²) < 4.78 is 6.77. The second-order valence-electron chi connectivity index (χ2n) is 7.40. The molecule has 2 aromatic rings. The highest BCUT2D eigenvalue weighted by molar-refractivity contribution is 9.10. The third-order valence-electron chi connectivity index (χ3n) is 4.83. The first-order chi connectivity index (χ1) is 14.6. The standard InChI is InChI=1S/C23H27BrCl2N2O3/c1-5-8-27-23(30)16(4)28(12-17-6-7-19(25)20(26)11-17)21(29)13-31-18-9-14(2)22(24)15(3)10-18/h6-7,9-11,16H,5,8,12-13H2,1-4H3,(H,27,30)/t16-/m0/s1. The Morgan fingerprint density at radius 2 is 1.77 bits per heavy atom. The number of nitrogens with zero attached hydrogens (tertiary/aromatic N) is 1. The van der Waals surface area contributed by atoms with Crippen molar-refractivity contribution in [2.45, 2.75) is 46.7 Å². The maximum Gasteiger partial charge on any atom is 0.261 e. The van der Waals surface area contributed by atoms with Gasteiger partial charge < -0.3 is 15.0 Å². The van der Waals surface area contributed by atoms with Crippen molar-refractivity contribution in [3.63, 3.8) is 0 Å². The fourth-order valence-corrected chi connectivity index (χ4v) is 3.58. The van der Waals surface area contributed by atoms with Crippen LogP contribution in [0.1, 0.15) is 37.0 Å². The number of hydrogen-bond donors (Lipinski definition) is 1. The summed E-state index contributed by atoms with van der Waals surface area (Å²) in [5, 5.41) is 3.67. The summed E-state index contributed by atoms with van der Waals surface area (Å²) >= 11 is 15.7. The molecule has 0 bridgehead atoms. The molecule has 0 saturated carbocycles. The molecule has 1 atom stereocenters. The zero-order chi connectivity index (χ0) is 23.1. The quantitative estimate of drug-likeness (QED) is 0.453. The van der Waals surface area contributed by atoms with Gasteiger partial charge in [0, 0.05) is 17.6 Å². The van der Waals surface area contributed by atoms with Crippen LogP contribution in [0.5, 0.6) is 5.75 Å². The molecule has 8 heteroatoms. The van der Waals surface area contributed by atoms with Gasteiger partial charge in [0.2, 0.25) is 5.91 Å². The topological polar surface area (TPSA) is 58.6 Å². The van der Waals surface area contributed by atoms with Crippen LogP contribution in [0, 0.1) is 13.8 Å². The minimum atomic E-state index is -0.675. The molecule has 2 amide bonds. The van der Waals surface area contributed by atoms with E-state index in [2.05, 4.69) is 21.2 Å². The number of benzene rings is 2. The Kier molecular flexibility index (Phi) is 9.66. The molecule has 0 radical (unpaired) electrons. The lowest BCUT2D eigenvalue weighted by Crippen LogP contribution is -2.49. The lowest BCUT2D eigenvalue weighted by Gasteiger charge is -2.29. The van der Waals surface area contributed by atoms with Crippen LogP contribution in [-0.2, 0) is 16.1 Å². The third-order valence-corrected chi connectivity index (χ3v) is 6.82. The van der Waals surface area contributed by atoms with Gasteiger partial charge in [-0.1, -0.05) is 52.1 Å². The van der Waals surface area contributed by atoms with Crippen molar-refractivity contribution in [2.75, 3.05) is 13.2 Å². The molecule has 0 unspecified atom stereocenters. The first kappa shape index (κ1) is 25.5. The zero-order valence-electron chi connectivity index (χ0n) is 18.1. The largest absolute Gasteiger partial charge is 0.484 e. The molecule has 0 fully saturated rings. The van der Waals surface area contributed by atoms with Crippen molar-refractivity contribution >= 4 is 50.9 Å². The molecule has 1 N–H and O–H groups in total. The number of carbonyl (C=O) groups excluding carboxylic acids is 2. The number of ether oxygens (including phenoxy) is 1. The van der Waals surface area contributed by atoms with Gasteiger partial charge in [-0.3, -0.25) is 9.59 Å². The smallest absolute Gasteiger partial charge is 0.261 e. The molecular formula is C23H27BrCl2N2O3. The molecule has 5 nitrogen and oxygen atoms in total. The molecule has 168 valence electrons. The van der Waals surface area contributed by atoms with Crippen molar-refractivity contribution in [1.82, 2.24) is 10.2 Å². The first-order valence-electron chi connectivity index (χ1n) is 10.0. The van der Waals surface area contributed by atoms with Gasteiger partial charge in [0.05, 0.1) is 10.0 Å². The molecule has 2 aromatic carbocycles. The highest BCUT2D eigenvalue weighted by Crippen LogP contribution is 2.27. The van der Waals surface area contributed by atoms with Gasteiger partial charge in [0.1, 0.15) is 11.8 Å². The van der Waals surface area contributed by atoms with E-state index in [0.717, 1.165) is 27.6 Å². The molecule has 0 aliphatic carbocycles. The summed E-state index contributed by atoms with van der Waals surface area (Å²) in [6, 6.07) is 8.21. The highest BCUT2D eigenvalue weighted by atomic mass is 79.9. The molecular weight excluding hydrogens is 503 g/mol. The number of nitrogens with one attached hydrogen (secondary N) is 1. The maximum atomic E-state index is 13.1. The Balaban J connectivity index is 2.20. The molecule has 0 aliphatic rings. The highest BCUT2D eigenvalue weighted by Gasteiger charge is 2.26. The zero-order valence-corrected chi connectivity index (χ0v) is 21.2. The second-order valence-corrected chi connectivity index (χ2v) is 9.00. The summed E-state index contributed by atoms with van der Waals surface area (Å²) in [5.41, 5.74) is 2.80. The SMILES string of the molecule is CCCNC(=O)[C@H](C)N(Cc1ccc(Cl)c(Cl)c1)C(=O)COc1cc(C)c(Br)c(C)c1. The summed E-state index contributed by atoms with van der Waals surface area (Å²) in [6.07, 6.45) is 0.810. The lowest BCUT2D eigenvalue weighted by atomic mass is 10.1. The van der Waals surface area contributed by atoms with E-state index in [1.54, 1.807) is 25.1 Å². The molecule has 0 heterocycles. The minimum absolute atomic E-state index is 0.187. The Labute approximate surface area is 202 Å². The first-order valence-corrected chi connectivity index (χ1v) is 11.6. The summed E-state index contributed by atoms with van der Waals surface area (Å²) in [6.45, 7) is 8.16. The normalized spacial score (nSPS) is 11.7. The van der Waals surface area contributed by atoms with Gasteiger partial charge in [-0.15, -0.1) is 0 Å². The van der Waals surface area contributed by atoms with E-state index >= 15 is 0 Å². The van der Waals surface area contributed by atoms with Crippen molar-refractivity contribution in [3.05, 3.63) is 61.5 Å². The Morgan fingerprint density at radius 3 is 2.35 bits per heavy atom. The van der Waals surface area contributed by atoms with Crippen molar-refractivity contribution in [1.29, 1.82) is 0 Å². The fourth-order valence-electron chi connectivity index (χ4n) is 3.03. The van der Waals surface area contributed by atoms with E-state index in [9.17, 15) is 9.59 Å². The van der Waals surface area contributed by atoms with E-state index in [-0.39, 0.29) is 25.0 Å². The Bertz CT molecular complexity index is 929. The molecule has 0 aromatic heterocycles.